The highest BCUT2D eigenvalue weighted by Crippen LogP contribution is 2.31. The number of rotatable bonds is 5. The molecule has 1 fully saturated rings. The second kappa shape index (κ2) is 7.08. The molecule has 0 bridgehead atoms. The lowest BCUT2D eigenvalue weighted by molar-refractivity contribution is 0.0695. The van der Waals surface area contributed by atoms with Gasteiger partial charge in [-0.2, -0.15) is 0 Å². The molecule has 21 heavy (non-hydrogen) atoms. The fourth-order valence-electron chi connectivity index (χ4n) is 3.53. The monoisotopic (exact) mass is 289 g/mol. The fourth-order valence-corrected chi connectivity index (χ4v) is 3.53. The Bertz CT molecular complexity index is 486. The Kier molecular flexibility index (Phi) is 5.40. The van der Waals surface area contributed by atoms with Crippen LogP contribution in [0.2, 0.25) is 0 Å². The van der Waals surface area contributed by atoms with Crippen molar-refractivity contribution in [3.8, 4) is 0 Å². The van der Waals surface area contributed by atoms with E-state index in [9.17, 15) is 9.90 Å². The molecule has 0 heterocycles. The van der Waals surface area contributed by atoms with E-state index < -0.39 is 5.97 Å². The maximum Gasteiger partial charge on any atom is 0.335 e. The van der Waals surface area contributed by atoms with Gasteiger partial charge in [0.15, 0.2) is 0 Å². The summed E-state index contributed by atoms with van der Waals surface area (Å²) in [5, 5.41) is 9.24. The number of hydrogen-bond donors (Lipinski definition) is 1. The van der Waals surface area contributed by atoms with Gasteiger partial charge in [-0.15, -0.1) is 0 Å². The Balaban J connectivity index is 1.98. The molecular weight excluding hydrogens is 262 g/mol. The van der Waals surface area contributed by atoms with Gasteiger partial charge in [-0.1, -0.05) is 38.5 Å². The molecule has 0 amide bonds. The van der Waals surface area contributed by atoms with E-state index in [1.165, 1.54) is 19.3 Å². The zero-order valence-corrected chi connectivity index (χ0v) is 13.4. The van der Waals surface area contributed by atoms with E-state index in [4.69, 9.17) is 0 Å². The van der Waals surface area contributed by atoms with Crippen LogP contribution in [0.1, 0.15) is 49.0 Å². The summed E-state index contributed by atoms with van der Waals surface area (Å²) in [5.41, 5.74) is 1.38. The third-order valence-corrected chi connectivity index (χ3v) is 4.96. The van der Waals surface area contributed by atoms with Crippen LogP contribution in [-0.2, 0) is 6.42 Å². The minimum Gasteiger partial charge on any atom is -0.478 e. The highest BCUT2D eigenvalue weighted by molar-refractivity contribution is 5.89. The number of nitrogens with zero attached hydrogens (tertiary/aromatic N) is 1. The molecule has 0 radical (unpaired) electrons. The maximum absolute atomic E-state index is 11.2. The van der Waals surface area contributed by atoms with Gasteiger partial charge in [0.05, 0.1) is 5.56 Å². The summed E-state index contributed by atoms with van der Waals surface area (Å²) in [7, 11) is 2.18. The van der Waals surface area contributed by atoms with Gasteiger partial charge < -0.3 is 10.0 Å². The van der Waals surface area contributed by atoms with Crippen LogP contribution >= 0.6 is 0 Å². The molecular formula is C18H27NO2. The Morgan fingerprint density at radius 3 is 2.71 bits per heavy atom. The first-order valence-electron chi connectivity index (χ1n) is 8.00. The average molecular weight is 289 g/mol. The van der Waals surface area contributed by atoms with Crippen LogP contribution < -0.4 is 0 Å². The van der Waals surface area contributed by atoms with Crippen LogP contribution in [0.3, 0.4) is 0 Å². The van der Waals surface area contributed by atoms with E-state index in [0.717, 1.165) is 30.4 Å². The summed E-state index contributed by atoms with van der Waals surface area (Å²) in [4.78, 5) is 13.7. The number of hydrogen-bond acceptors (Lipinski definition) is 2. The quantitative estimate of drug-likeness (QED) is 0.899. The van der Waals surface area contributed by atoms with Gasteiger partial charge in [-0.25, -0.2) is 4.79 Å². The molecule has 0 aromatic heterocycles. The second-order valence-corrected chi connectivity index (χ2v) is 6.66. The largest absolute Gasteiger partial charge is 0.478 e. The average Bonchev–Trinajstić information content (AvgIpc) is 2.47. The Hall–Kier alpha value is -1.35. The first-order chi connectivity index (χ1) is 9.99. The van der Waals surface area contributed by atoms with Crippen molar-refractivity contribution in [3.63, 3.8) is 0 Å². The van der Waals surface area contributed by atoms with E-state index in [1.54, 1.807) is 12.1 Å². The lowest BCUT2D eigenvalue weighted by atomic mass is 9.79. The first kappa shape index (κ1) is 16.0. The van der Waals surface area contributed by atoms with Crippen LogP contribution in [0.15, 0.2) is 24.3 Å². The van der Waals surface area contributed by atoms with Crippen LogP contribution in [0.5, 0.6) is 0 Å². The van der Waals surface area contributed by atoms with Gasteiger partial charge in [-0.3, -0.25) is 0 Å². The highest BCUT2D eigenvalue weighted by atomic mass is 16.4. The number of carbonyl (C=O) groups is 1. The van der Waals surface area contributed by atoms with Gasteiger partial charge in [0.2, 0.25) is 0 Å². The molecule has 1 saturated carbocycles. The van der Waals surface area contributed by atoms with Crippen molar-refractivity contribution in [3.05, 3.63) is 35.4 Å². The van der Waals surface area contributed by atoms with Gasteiger partial charge in [0.25, 0.3) is 0 Å². The third kappa shape index (κ3) is 4.07. The molecule has 0 saturated heterocycles. The molecule has 1 N–H and O–H groups in total. The smallest absolute Gasteiger partial charge is 0.335 e. The molecule has 3 atom stereocenters. The van der Waals surface area contributed by atoms with Gasteiger partial charge >= 0.3 is 5.97 Å². The summed E-state index contributed by atoms with van der Waals surface area (Å²) in [6.07, 6.45) is 4.71. The van der Waals surface area contributed by atoms with Gasteiger partial charge in [0, 0.05) is 12.6 Å². The van der Waals surface area contributed by atoms with Crippen molar-refractivity contribution >= 4 is 5.97 Å². The maximum atomic E-state index is 11.2. The Morgan fingerprint density at radius 1 is 1.29 bits per heavy atom. The van der Waals surface area contributed by atoms with E-state index >= 15 is 0 Å². The summed E-state index contributed by atoms with van der Waals surface area (Å²) < 4.78 is 0. The molecule has 0 spiro atoms. The molecule has 1 aliphatic rings. The zero-order chi connectivity index (χ0) is 15.4. The van der Waals surface area contributed by atoms with E-state index in [-0.39, 0.29) is 0 Å². The SMILES string of the molecule is CC1CCC(C)C(N(C)CCc2ccccc2C(=O)O)C1. The van der Waals surface area contributed by atoms with Crippen molar-refractivity contribution in [2.24, 2.45) is 11.8 Å². The van der Waals surface area contributed by atoms with Crippen LogP contribution in [0, 0.1) is 11.8 Å². The minimum atomic E-state index is -0.826. The highest BCUT2D eigenvalue weighted by Gasteiger charge is 2.28. The molecule has 3 heteroatoms. The topological polar surface area (TPSA) is 40.5 Å². The zero-order valence-electron chi connectivity index (χ0n) is 13.4. The lowest BCUT2D eigenvalue weighted by Gasteiger charge is -2.39. The number of carboxylic acids is 1. The fraction of sp³-hybridized carbons (Fsp3) is 0.611. The van der Waals surface area contributed by atoms with Crippen molar-refractivity contribution < 1.29 is 9.90 Å². The molecule has 1 aromatic rings. The molecule has 116 valence electrons. The summed E-state index contributed by atoms with van der Waals surface area (Å²) in [5.74, 6) is 0.716. The predicted molar refractivity (Wildman–Crippen MR) is 85.7 cm³/mol. The standard InChI is InChI=1S/C18H27NO2/c1-13-8-9-14(2)17(12-13)19(3)11-10-15-6-4-5-7-16(15)18(20)21/h4-7,13-14,17H,8-12H2,1-3H3,(H,20,21). The molecule has 3 nitrogen and oxygen atoms in total. The van der Waals surface area contributed by atoms with Gasteiger partial charge in [0.1, 0.15) is 0 Å². The summed E-state index contributed by atoms with van der Waals surface area (Å²) in [6.45, 7) is 5.61. The molecule has 1 aromatic carbocycles. The second-order valence-electron chi connectivity index (χ2n) is 6.66. The molecule has 0 aliphatic heterocycles. The lowest BCUT2D eigenvalue weighted by Crippen LogP contribution is -2.41. The number of likely N-dealkylation sites (N-methyl/N-ethyl adjacent to an activating group) is 1. The molecule has 2 rings (SSSR count). The van der Waals surface area contributed by atoms with Crippen molar-refractivity contribution in [1.82, 2.24) is 4.90 Å². The first-order valence-corrected chi connectivity index (χ1v) is 8.00. The van der Waals surface area contributed by atoms with E-state index in [2.05, 4.69) is 25.8 Å². The van der Waals surface area contributed by atoms with Crippen molar-refractivity contribution in [2.75, 3.05) is 13.6 Å². The Labute approximate surface area is 128 Å². The van der Waals surface area contributed by atoms with Crippen LogP contribution in [-0.4, -0.2) is 35.6 Å². The molecule has 1 aliphatic carbocycles. The van der Waals surface area contributed by atoms with Crippen molar-refractivity contribution in [1.29, 1.82) is 0 Å². The molecule has 3 unspecified atom stereocenters. The normalized spacial score (nSPS) is 26.0. The Morgan fingerprint density at radius 2 is 2.00 bits per heavy atom. The third-order valence-electron chi connectivity index (χ3n) is 4.96. The number of carboxylic acid groups (broad SMARTS) is 1. The summed E-state index contributed by atoms with van der Waals surface area (Å²) >= 11 is 0. The van der Waals surface area contributed by atoms with Crippen molar-refractivity contribution in [2.45, 2.75) is 45.6 Å². The number of benzene rings is 1. The van der Waals surface area contributed by atoms with E-state index in [1.807, 2.05) is 12.1 Å². The van der Waals surface area contributed by atoms with E-state index in [0.29, 0.717) is 11.6 Å². The van der Waals surface area contributed by atoms with Crippen LogP contribution in [0.25, 0.3) is 0 Å². The predicted octanol–water partition coefficient (Wildman–Crippen LogP) is 3.68. The number of aromatic carboxylic acids is 1. The summed E-state index contributed by atoms with van der Waals surface area (Å²) in [6, 6.07) is 7.98. The van der Waals surface area contributed by atoms with Gasteiger partial charge in [-0.05, 0) is 49.8 Å². The minimum absolute atomic E-state index is 0.441. The van der Waals surface area contributed by atoms with Crippen LogP contribution in [0.4, 0.5) is 0 Å².